The van der Waals surface area contributed by atoms with Crippen LogP contribution in [0.25, 0.3) is 0 Å². The Hall–Kier alpha value is -1.87. The molecule has 144 valence electrons. The van der Waals surface area contributed by atoms with E-state index in [0.29, 0.717) is 50.9 Å². The number of amides is 1. The summed E-state index contributed by atoms with van der Waals surface area (Å²) in [6.07, 6.45) is -1.40. The highest BCUT2D eigenvalue weighted by atomic mass is 19.4. The molecule has 1 amide bonds. The molecule has 2 saturated heterocycles. The monoisotopic (exact) mass is 373 g/mol. The lowest BCUT2D eigenvalue weighted by atomic mass is 9.96. The molecule has 3 rings (SSSR count). The molecule has 2 fully saturated rings. The van der Waals surface area contributed by atoms with Crippen LogP contribution >= 0.6 is 0 Å². The third kappa shape index (κ3) is 4.85. The van der Waals surface area contributed by atoms with Crippen molar-refractivity contribution in [1.82, 2.24) is 10.5 Å². The van der Waals surface area contributed by atoms with E-state index < -0.39 is 11.7 Å². The van der Waals surface area contributed by atoms with Crippen LogP contribution in [0.3, 0.4) is 0 Å². The van der Waals surface area contributed by atoms with Crippen molar-refractivity contribution >= 4 is 11.7 Å². The van der Waals surface area contributed by atoms with E-state index in [4.69, 9.17) is 9.57 Å². The molecule has 0 saturated carbocycles. The molecule has 3 heterocycles. The van der Waals surface area contributed by atoms with E-state index in [1.165, 1.54) is 6.07 Å². The maximum absolute atomic E-state index is 12.6. The van der Waals surface area contributed by atoms with Gasteiger partial charge in [-0.2, -0.15) is 13.2 Å². The number of nitrogens with one attached hydrogen (secondary N) is 1. The predicted octanol–water partition coefficient (Wildman–Crippen LogP) is 2.40. The number of hydrogen-bond donors (Lipinski definition) is 1. The molecule has 1 atom stereocenters. The first kappa shape index (κ1) is 18.9. The summed E-state index contributed by atoms with van der Waals surface area (Å²) >= 11 is 0. The van der Waals surface area contributed by atoms with Crippen molar-refractivity contribution in [3.05, 3.63) is 23.9 Å². The third-order valence-electron chi connectivity index (χ3n) is 4.78. The summed E-state index contributed by atoms with van der Waals surface area (Å²) in [5.41, 5.74) is 1.74. The van der Waals surface area contributed by atoms with Crippen molar-refractivity contribution in [2.45, 2.75) is 25.4 Å². The number of anilines is 1. The number of alkyl halides is 3. The molecule has 1 unspecified atom stereocenters. The minimum Gasteiger partial charge on any atom is -0.381 e. The topological polar surface area (TPSA) is 63.7 Å². The number of carbonyl (C=O) groups excluding carboxylic acids is 1. The molecule has 2 aliphatic heterocycles. The first-order valence-corrected chi connectivity index (χ1v) is 8.71. The fourth-order valence-corrected chi connectivity index (χ4v) is 3.14. The van der Waals surface area contributed by atoms with E-state index in [0.717, 1.165) is 25.3 Å². The zero-order chi connectivity index (χ0) is 18.6. The van der Waals surface area contributed by atoms with Crippen LogP contribution < -0.4 is 10.4 Å². The SMILES string of the molecule is O=C(NOCC1CCOC1)C1CCN(c2ccc(C(F)(F)F)cn2)CC1. The quantitative estimate of drug-likeness (QED) is 0.803. The molecule has 2 aliphatic rings. The van der Waals surface area contributed by atoms with Gasteiger partial charge in [0.2, 0.25) is 5.91 Å². The van der Waals surface area contributed by atoms with Gasteiger partial charge in [0.25, 0.3) is 0 Å². The Labute approximate surface area is 149 Å². The molecule has 0 bridgehead atoms. The molecular weight excluding hydrogens is 351 g/mol. The van der Waals surface area contributed by atoms with Gasteiger partial charge in [-0.25, -0.2) is 10.5 Å². The summed E-state index contributed by atoms with van der Waals surface area (Å²) in [6, 6.07) is 2.40. The van der Waals surface area contributed by atoms with Crippen LogP contribution in [-0.2, 0) is 20.5 Å². The second-order valence-electron chi connectivity index (χ2n) is 6.67. The number of aromatic nitrogens is 1. The van der Waals surface area contributed by atoms with E-state index in [2.05, 4.69) is 10.5 Å². The average molecular weight is 373 g/mol. The normalized spacial score (nSPS) is 21.8. The fraction of sp³-hybridized carbons (Fsp3) is 0.647. The molecule has 1 aromatic rings. The maximum atomic E-state index is 12.6. The number of piperidine rings is 1. The zero-order valence-electron chi connectivity index (χ0n) is 14.3. The van der Waals surface area contributed by atoms with E-state index in [1.807, 2.05) is 4.90 Å². The number of halogens is 3. The van der Waals surface area contributed by atoms with Gasteiger partial charge in [0.05, 0.1) is 18.8 Å². The zero-order valence-corrected chi connectivity index (χ0v) is 14.3. The Bertz CT molecular complexity index is 596. The van der Waals surface area contributed by atoms with Crippen LogP contribution in [0.1, 0.15) is 24.8 Å². The van der Waals surface area contributed by atoms with Crippen molar-refractivity contribution in [1.29, 1.82) is 0 Å². The number of carbonyl (C=O) groups is 1. The molecule has 1 N–H and O–H groups in total. The van der Waals surface area contributed by atoms with Gasteiger partial charge in [0.15, 0.2) is 0 Å². The third-order valence-corrected chi connectivity index (χ3v) is 4.78. The van der Waals surface area contributed by atoms with E-state index in [9.17, 15) is 18.0 Å². The van der Waals surface area contributed by atoms with Crippen LogP contribution in [0.2, 0.25) is 0 Å². The van der Waals surface area contributed by atoms with Gasteiger partial charge in [0.1, 0.15) is 5.82 Å². The van der Waals surface area contributed by atoms with Crippen molar-refractivity contribution < 1.29 is 27.5 Å². The Kier molecular flexibility index (Phi) is 5.98. The highest BCUT2D eigenvalue weighted by Crippen LogP contribution is 2.30. The minimum atomic E-state index is -4.39. The maximum Gasteiger partial charge on any atom is 0.417 e. The Morgan fingerprint density at radius 2 is 2.08 bits per heavy atom. The summed E-state index contributed by atoms with van der Waals surface area (Å²) in [5, 5.41) is 0. The first-order chi connectivity index (χ1) is 12.4. The second-order valence-corrected chi connectivity index (χ2v) is 6.67. The number of ether oxygens (including phenoxy) is 1. The average Bonchev–Trinajstić information content (AvgIpc) is 3.15. The number of rotatable bonds is 5. The Morgan fingerprint density at radius 1 is 1.31 bits per heavy atom. The predicted molar refractivity (Wildman–Crippen MR) is 87.2 cm³/mol. The smallest absolute Gasteiger partial charge is 0.381 e. The van der Waals surface area contributed by atoms with Gasteiger partial charge in [-0.3, -0.25) is 9.63 Å². The van der Waals surface area contributed by atoms with Crippen LogP contribution in [0, 0.1) is 11.8 Å². The van der Waals surface area contributed by atoms with Gasteiger partial charge in [-0.1, -0.05) is 0 Å². The number of pyridine rings is 1. The molecule has 1 aromatic heterocycles. The molecule has 0 aromatic carbocycles. The molecule has 26 heavy (non-hydrogen) atoms. The van der Waals surface area contributed by atoms with Crippen LogP contribution in [0.4, 0.5) is 19.0 Å². The number of hydroxylamine groups is 1. The van der Waals surface area contributed by atoms with E-state index in [-0.39, 0.29) is 11.8 Å². The molecular formula is C17H22F3N3O3. The lowest BCUT2D eigenvalue weighted by Crippen LogP contribution is -2.41. The highest BCUT2D eigenvalue weighted by Gasteiger charge is 2.31. The van der Waals surface area contributed by atoms with Crippen LogP contribution in [0.5, 0.6) is 0 Å². The Morgan fingerprint density at radius 3 is 2.65 bits per heavy atom. The molecule has 0 radical (unpaired) electrons. The van der Waals surface area contributed by atoms with Gasteiger partial charge in [0, 0.05) is 37.7 Å². The molecule has 9 heteroatoms. The standard InChI is InChI=1S/C17H22F3N3O3/c18-17(19,20)14-1-2-15(21-9-14)23-6-3-13(4-7-23)16(24)22-26-11-12-5-8-25-10-12/h1-2,9,12-13H,3-8,10-11H2,(H,22,24). The molecule has 6 nitrogen and oxygen atoms in total. The molecule has 0 aliphatic carbocycles. The summed E-state index contributed by atoms with van der Waals surface area (Å²) in [5.74, 6) is 0.502. The Balaban J connectivity index is 1.42. The fourth-order valence-electron chi connectivity index (χ4n) is 3.14. The summed E-state index contributed by atoms with van der Waals surface area (Å²) < 4.78 is 43.0. The summed E-state index contributed by atoms with van der Waals surface area (Å²) in [7, 11) is 0. The van der Waals surface area contributed by atoms with E-state index >= 15 is 0 Å². The van der Waals surface area contributed by atoms with Gasteiger partial charge >= 0.3 is 6.18 Å². The molecule has 0 spiro atoms. The van der Waals surface area contributed by atoms with Crippen molar-refractivity contribution in [3.63, 3.8) is 0 Å². The van der Waals surface area contributed by atoms with Crippen molar-refractivity contribution in [2.24, 2.45) is 11.8 Å². The van der Waals surface area contributed by atoms with Crippen LogP contribution in [0.15, 0.2) is 18.3 Å². The van der Waals surface area contributed by atoms with Crippen molar-refractivity contribution in [2.75, 3.05) is 37.8 Å². The van der Waals surface area contributed by atoms with Crippen molar-refractivity contribution in [3.8, 4) is 0 Å². The van der Waals surface area contributed by atoms with Gasteiger partial charge in [-0.15, -0.1) is 0 Å². The van der Waals surface area contributed by atoms with Gasteiger partial charge < -0.3 is 9.64 Å². The van der Waals surface area contributed by atoms with Gasteiger partial charge in [-0.05, 0) is 31.4 Å². The lowest BCUT2D eigenvalue weighted by molar-refractivity contribution is -0.139. The second kappa shape index (κ2) is 8.22. The lowest BCUT2D eigenvalue weighted by Gasteiger charge is -2.32. The minimum absolute atomic E-state index is 0.149. The number of nitrogens with zero attached hydrogens (tertiary/aromatic N) is 2. The largest absolute Gasteiger partial charge is 0.417 e. The summed E-state index contributed by atoms with van der Waals surface area (Å²) in [6.45, 7) is 2.96. The number of hydrogen-bond acceptors (Lipinski definition) is 5. The van der Waals surface area contributed by atoms with Crippen LogP contribution in [-0.4, -0.2) is 43.8 Å². The summed E-state index contributed by atoms with van der Waals surface area (Å²) in [4.78, 5) is 23.2. The van der Waals surface area contributed by atoms with E-state index in [1.54, 1.807) is 0 Å². The highest BCUT2D eigenvalue weighted by molar-refractivity contribution is 5.77. The first-order valence-electron chi connectivity index (χ1n) is 8.71.